The molecule has 1 aliphatic rings. The highest BCUT2D eigenvalue weighted by Gasteiger charge is 2.37. The van der Waals surface area contributed by atoms with Crippen LogP contribution in [0.25, 0.3) is 32.7 Å². The molecule has 0 aliphatic carbocycles. The lowest BCUT2D eigenvalue weighted by Gasteiger charge is -2.29. The Morgan fingerprint density at radius 2 is 1.35 bits per heavy atom. The highest BCUT2D eigenvalue weighted by atomic mass is 31.2. The first-order valence-electron chi connectivity index (χ1n) is 11.8. The van der Waals surface area contributed by atoms with Crippen molar-refractivity contribution in [1.29, 1.82) is 0 Å². The quantitative estimate of drug-likeness (QED) is 0.154. The predicted octanol–water partition coefficient (Wildman–Crippen LogP) is 6.31. The number of ether oxygens (including phenoxy) is 1. The highest BCUT2D eigenvalue weighted by Crippen LogP contribution is 2.63. The van der Waals surface area contributed by atoms with Gasteiger partial charge < -0.3 is 9.84 Å². The van der Waals surface area contributed by atoms with Crippen molar-refractivity contribution in [1.82, 2.24) is 0 Å². The van der Waals surface area contributed by atoms with Crippen molar-refractivity contribution in [3.63, 3.8) is 0 Å². The number of hydrogen-bond donors (Lipinski definition) is 0. The SMILES string of the molecule is [B][P+]1(CCN=C([O-])OC(C)(C)C)Cc2ccc3ccccc3c2-c2c(ccc3ccccc23)C1. The first-order valence-corrected chi connectivity index (χ1v) is 14.2. The van der Waals surface area contributed by atoms with Gasteiger partial charge in [0.25, 0.3) is 0 Å². The van der Waals surface area contributed by atoms with Crippen LogP contribution in [-0.2, 0) is 17.1 Å². The van der Waals surface area contributed by atoms with E-state index in [0.29, 0.717) is 12.7 Å². The summed E-state index contributed by atoms with van der Waals surface area (Å²) in [6.07, 6.45) is 1.87. The molecule has 0 aromatic heterocycles. The molecule has 0 fully saturated rings. The molecule has 2 radical (unpaired) electrons. The van der Waals surface area contributed by atoms with E-state index in [9.17, 15) is 5.11 Å². The summed E-state index contributed by atoms with van der Waals surface area (Å²) in [5, 5.41) is 17.2. The van der Waals surface area contributed by atoms with E-state index in [2.05, 4.69) is 77.8 Å². The lowest BCUT2D eigenvalue weighted by Crippen LogP contribution is -2.32. The Bertz CT molecular complexity index is 1320. The third kappa shape index (κ3) is 4.57. The molecule has 1 heterocycles. The molecular formula is C29H29BNO2P. The largest absolute Gasteiger partial charge is 0.595 e. The van der Waals surface area contributed by atoms with Gasteiger partial charge in [-0.3, -0.25) is 4.99 Å². The van der Waals surface area contributed by atoms with Crippen LogP contribution in [0.2, 0.25) is 0 Å². The maximum atomic E-state index is 12.1. The van der Waals surface area contributed by atoms with Crippen molar-refractivity contribution in [2.75, 3.05) is 12.7 Å². The zero-order valence-electron chi connectivity index (χ0n) is 20.0. The van der Waals surface area contributed by atoms with Gasteiger partial charge in [0.15, 0.2) is 0 Å². The molecule has 3 nitrogen and oxygen atoms in total. The molecule has 0 spiro atoms. The monoisotopic (exact) mass is 465 g/mol. The summed E-state index contributed by atoms with van der Waals surface area (Å²) in [6.45, 7) is 5.95. The molecule has 0 atom stereocenters. The van der Waals surface area contributed by atoms with Crippen LogP contribution in [0.4, 0.5) is 0 Å². The minimum absolute atomic E-state index is 0.394. The van der Waals surface area contributed by atoms with Gasteiger partial charge >= 0.3 is 7.57 Å². The number of hydrogen-bond acceptors (Lipinski definition) is 3. The van der Waals surface area contributed by atoms with E-state index in [4.69, 9.17) is 12.3 Å². The topological polar surface area (TPSA) is 44.7 Å². The molecule has 1 aliphatic heterocycles. The molecule has 0 saturated heterocycles. The van der Waals surface area contributed by atoms with Crippen molar-refractivity contribution in [2.24, 2.45) is 4.99 Å². The van der Waals surface area contributed by atoms with Crippen LogP contribution < -0.4 is 5.11 Å². The minimum Gasteiger partial charge on any atom is -0.595 e. The van der Waals surface area contributed by atoms with Crippen LogP contribution in [-0.4, -0.2) is 32.0 Å². The van der Waals surface area contributed by atoms with Gasteiger partial charge in [-0.2, -0.15) is 0 Å². The molecule has 4 aromatic carbocycles. The van der Waals surface area contributed by atoms with Gasteiger partial charge in [-0.05, 0) is 50.9 Å². The Labute approximate surface area is 203 Å². The Balaban J connectivity index is 1.62. The Morgan fingerprint density at radius 3 is 1.85 bits per heavy atom. The van der Waals surface area contributed by atoms with Gasteiger partial charge in [-0.1, -0.05) is 93.6 Å². The first kappa shape index (κ1) is 22.9. The molecule has 0 amide bonds. The molecule has 0 saturated carbocycles. The highest BCUT2D eigenvalue weighted by molar-refractivity contribution is 7.96. The second-order valence-electron chi connectivity index (χ2n) is 10.3. The Morgan fingerprint density at radius 1 is 0.853 bits per heavy atom. The fraction of sp³-hybridized carbons (Fsp3) is 0.276. The van der Waals surface area contributed by atoms with E-state index < -0.39 is 18.8 Å². The first-order chi connectivity index (χ1) is 16.2. The Hall–Kier alpha value is -2.84. The average Bonchev–Trinajstić information content (AvgIpc) is 2.91. The smallest absolute Gasteiger partial charge is 0.365 e. The van der Waals surface area contributed by atoms with Gasteiger partial charge in [-0.15, -0.1) is 0 Å². The second-order valence-corrected chi connectivity index (χ2v) is 13.8. The van der Waals surface area contributed by atoms with Crippen LogP contribution in [0.3, 0.4) is 0 Å². The van der Waals surface area contributed by atoms with E-state index in [-0.39, 0.29) is 0 Å². The number of rotatable bonds is 3. The van der Waals surface area contributed by atoms with Gasteiger partial charge in [0.1, 0.15) is 6.08 Å². The summed E-state index contributed by atoms with van der Waals surface area (Å²) in [5.41, 5.74) is 4.66. The van der Waals surface area contributed by atoms with E-state index >= 15 is 0 Å². The normalized spacial score (nSPS) is 15.6. The maximum Gasteiger partial charge on any atom is 0.365 e. The van der Waals surface area contributed by atoms with Crippen LogP contribution in [0.5, 0.6) is 0 Å². The predicted molar refractivity (Wildman–Crippen MR) is 145 cm³/mol. The standard InChI is InChI=1S/C29H30BNO2P/c1-29(2,3)33-28(32)31-16-17-34(30)18-22-14-12-20-8-4-6-10-24(20)26(22)27-23(19-34)15-13-21-9-5-7-11-25(21)27/h4-15H,16-19H2,1-3H3,(H,31,32)/q+1/p-1. The fourth-order valence-corrected chi connectivity index (χ4v) is 7.82. The number of aliphatic imine (C=N–C) groups is 1. The van der Waals surface area contributed by atoms with Crippen molar-refractivity contribution in [3.8, 4) is 11.1 Å². The summed E-state index contributed by atoms with van der Waals surface area (Å²) in [7, 11) is 5.25. The molecule has 5 heteroatoms. The Kier molecular flexibility index (Phi) is 5.90. The van der Waals surface area contributed by atoms with Crippen molar-refractivity contribution in [3.05, 3.63) is 83.9 Å². The zero-order chi connectivity index (χ0) is 23.9. The number of benzene rings is 4. The summed E-state index contributed by atoms with van der Waals surface area (Å²) in [5.74, 6) is 0. The molecule has 4 aromatic rings. The van der Waals surface area contributed by atoms with Crippen molar-refractivity contribution < 1.29 is 9.84 Å². The van der Waals surface area contributed by atoms with Crippen LogP contribution in [0.1, 0.15) is 31.9 Å². The van der Waals surface area contributed by atoms with Gasteiger partial charge in [0, 0.05) is 5.60 Å². The molecular weight excluding hydrogens is 436 g/mol. The van der Waals surface area contributed by atoms with E-state index in [1.165, 1.54) is 43.8 Å². The molecule has 0 bridgehead atoms. The van der Waals surface area contributed by atoms with Crippen LogP contribution in [0, 0.1) is 0 Å². The molecule has 34 heavy (non-hydrogen) atoms. The number of nitrogens with zero attached hydrogens (tertiary/aromatic N) is 1. The van der Waals surface area contributed by atoms with E-state index in [1.54, 1.807) is 0 Å². The second kappa shape index (κ2) is 8.75. The van der Waals surface area contributed by atoms with Crippen LogP contribution >= 0.6 is 7.14 Å². The fourth-order valence-electron chi connectivity index (χ4n) is 5.01. The van der Waals surface area contributed by atoms with Crippen molar-refractivity contribution in [2.45, 2.75) is 38.7 Å². The summed E-state index contributed by atoms with van der Waals surface area (Å²) >= 11 is 0. The van der Waals surface area contributed by atoms with Gasteiger partial charge in [-0.25, -0.2) is 0 Å². The average molecular weight is 465 g/mol. The summed E-state index contributed by atoms with van der Waals surface area (Å²) in [6, 6.07) is 26.1. The minimum atomic E-state index is -1.94. The molecule has 5 rings (SSSR count). The maximum absolute atomic E-state index is 12.1. The number of fused-ring (bicyclic) bond motifs is 7. The lowest BCUT2D eigenvalue weighted by atomic mass is 9.88. The van der Waals surface area contributed by atoms with E-state index in [1.807, 2.05) is 20.8 Å². The van der Waals surface area contributed by atoms with Crippen molar-refractivity contribution >= 4 is 42.3 Å². The lowest BCUT2D eigenvalue weighted by molar-refractivity contribution is -0.260. The summed E-state index contributed by atoms with van der Waals surface area (Å²) in [4.78, 5) is 4.18. The third-order valence-electron chi connectivity index (χ3n) is 6.43. The molecule has 0 N–H and O–H groups in total. The van der Waals surface area contributed by atoms with E-state index in [0.717, 1.165) is 12.3 Å². The van der Waals surface area contributed by atoms with Gasteiger partial charge in [0.05, 0.1) is 25.0 Å². The van der Waals surface area contributed by atoms with Gasteiger partial charge in [0.2, 0.25) is 0 Å². The molecule has 170 valence electrons. The van der Waals surface area contributed by atoms with Crippen LogP contribution in [0.15, 0.2) is 77.8 Å². The third-order valence-corrected chi connectivity index (χ3v) is 9.46. The molecule has 0 unspecified atom stereocenters. The zero-order valence-corrected chi connectivity index (χ0v) is 20.9. The summed E-state index contributed by atoms with van der Waals surface area (Å²) < 4.78 is 5.36.